The summed E-state index contributed by atoms with van der Waals surface area (Å²) < 4.78 is 1.04. The first-order valence-corrected chi connectivity index (χ1v) is 9.12. The molecule has 1 aromatic carbocycles. The number of carbonyl (C=O) groups is 1. The molecule has 1 unspecified atom stereocenters. The van der Waals surface area contributed by atoms with Gasteiger partial charge in [-0.3, -0.25) is 4.79 Å². The number of aryl methyl sites for hydroxylation is 1. The van der Waals surface area contributed by atoms with Gasteiger partial charge in [0.1, 0.15) is 0 Å². The van der Waals surface area contributed by atoms with Gasteiger partial charge in [-0.25, -0.2) is 4.98 Å². The lowest BCUT2D eigenvalue weighted by atomic mass is 9.99. The zero-order valence-electron chi connectivity index (χ0n) is 12.9. The van der Waals surface area contributed by atoms with Gasteiger partial charge in [-0.05, 0) is 50.6 Å². The molecule has 0 aliphatic carbocycles. The molecule has 3 rings (SSSR count). The molecule has 1 amide bonds. The quantitative estimate of drug-likeness (QED) is 0.856. The molecule has 0 bridgehead atoms. The van der Waals surface area contributed by atoms with Gasteiger partial charge >= 0.3 is 0 Å². The van der Waals surface area contributed by atoms with Crippen molar-refractivity contribution in [2.75, 3.05) is 18.4 Å². The normalized spacial score (nSPS) is 17.3. The maximum atomic E-state index is 12.2. The van der Waals surface area contributed by atoms with Gasteiger partial charge in [-0.15, -0.1) is 23.7 Å². The van der Waals surface area contributed by atoms with Gasteiger partial charge in [0, 0.05) is 28.2 Å². The van der Waals surface area contributed by atoms with Crippen LogP contribution in [0.4, 0.5) is 5.69 Å². The number of halogens is 1. The predicted molar refractivity (Wildman–Crippen MR) is 98.9 cm³/mol. The molecule has 4 nitrogen and oxygen atoms in total. The Bertz CT molecular complexity index is 639. The van der Waals surface area contributed by atoms with E-state index in [0.717, 1.165) is 46.5 Å². The van der Waals surface area contributed by atoms with Crippen LogP contribution in [0.3, 0.4) is 0 Å². The second kappa shape index (κ2) is 8.68. The van der Waals surface area contributed by atoms with E-state index in [-0.39, 0.29) is 24.2 Å². The first kappa shape index (κ1) is 18.3. The lowest BCUT2D eigenvalue weighted by Gasteiger charge is -2.21. The Morgan fingerprint density at radius 1 is 1.39 bits per heavy atom. The number of aromatic nitrogens is 1. The summed E-state index contributed by atoms with van der Waals surface area (Å²) in [6, 6.07) is 7.96. The second-order valence-electron chi connectivity index (χ2n) is 5.41. The molecule has 1 saturated heterocycles. The van der Waals surface area contributed by atoms with Gasteiger partial charge in [0.15, 0.2) is 4.34 Å². The molecular formula is C16H20ClN3OS2. The van der Waals surface area contributed by atoms with Crippen molar-refractivity contribution in [3.8, 4) is 0 Å². The number of rotatable bonds is 4. The largest absolute Gasteiger partial charge is 0.326 e. The van der Waals surface area contributed by atoms with Gasteiger partial charge < -0.3 is 10.6 Å². The van der Waals surface area contributed by atoms with Crippen LogP contribution in [0.25, 0.3) is 0 Å². The number of nitrogens with zero attached hydrogens (tertiary/aromatic N) is 1. The highest BCUT2D eigenvalue weighted by Crippen LogP contribution is 2.30. The lowest BCUT2D eigenvalue weighted by Crippen LogP contribution is -2.37. The van der Waals surface area contributed by atoms with Crippen LogP contribution in [0.15, 0.2) is 38.9 Å². The maximum absolute atomic E-state index is 12.2. The van der Waals surface area contributed by atoms with Crippen LogP contribution in [0.2, 0.25) is 0 Å². The Morgan fingerprint density at radius 3 is 2.78 bits per heavy atom. The van der Waals surface area contributed by atoms with Crippen LogP contribution in [-0.2, 0) is 4.79 Å². The number of anilines is 1. The smallest absolute Gasteiger partial charge is 0.228 e. The Hall–Kier alpha value is -1.08. The molecular weight excluding hydrogens is 350 g/mol. The van der Waals surface area contributed by atoms with Crippen molar-refractivity contribution in [3.63, 3.8) is 0 Å². The summed E-state index contributed by atoms with van der Waals surface area (Å²) in [4.78, 5) is 17.8. The first-order chi connectivity index (χ1) is 10.7. The number of hydrogen-bond acceptors (Lipinski definition) is 5. The monoisotopic (exact) mass is 369 g/mol. The summed E-state index contributed by atoms with van der Waals surface area (Å²) >= 11 is 3.30. The van der Waals surface area contributed by atoms with Crippen LogP contribution in [0.5, 0.6) is 0 Å². The molecule has 1 aliphatic heterocycles. The van der Waals surface area contributed by atoms with E-state index in [9.17, 15) is 4.79 Å². The zero-order chi connectivity index (χ0) is 15.4. The number of amides is 1. The fraction of sp³-hybridized carbons (Fsp3) is 0.375. The fourth-order valence-electron chi connectivity index (χ4n) is 2.41. The van der Waals surface area contributed by atoms with Crippen molar-refractivity contribution < 1.29 is 4.79 Å². The van der Waals surface area contributed by atoms with Gasteiger partial charge in [-0.2, -0.15) is 0 Å². The highest BCUT2D eigenvalue weighted by molar-refractivity contribution is 8.01. The molecule has 1 fully saturated rings. The zero-order valence-corrected chi connectivity index (χ0v) is 15.3. The topological polar surface area (TPSA) is 54.0 Å². The van der Waals surface area contributed by atoms with Crippen LogP contribution in [-0.4, -0.2) is 24.0 Å². The highest BCUT2D eigenvalue weighted by atomic mass is 35.5. The number of carbonyl (C=O) groups excluding carboxylic acids is 1. The molecule has 2 heterocycles. The molecule has 7 heteroatoms. The predicted octanol–water partition coefficient (Wildman–Crippen LogP) is 3.96. The maximum Gasteiger partial charge on any atom is 0.228 e. The molecule has 0 radical (unpaired) electrons. The summed E-state index contributed by atoms with van der Waals surface area (Å²) in [6.07, 6.45) is 2.04. The Kier molecular flexibility index (Phi) is 6.89. The Morgan fingerprint density at radius 2 is 2.17 bits per heavy atom. The van der Waals surface area contributed by atoms with Crippen LogP contribution in [0, 0.1) is 12.8 Å². The minimum absolute atomic E-state index is 0. The SMILES string of the molecule is Cc1csc(Sc2ccc(NC(=O)C3CCCNC3)cc2)n1.Cl. The Labute approximate surface area is 150 Å². The van der Waals surface area contributed by atoms with E-state index < -0.39 is 0 Å². The number of thiazole rings is 1. The third-order valence-electron chi connectivity index (χ3n) is 3.59. The summed E-state index contributed by atoms with van der Waals surface area (Å²) in [5, 5.41) is 8.33. The van der Waals surface area contributed by atoms with Crippen LogP contribution < -0.4 is 10.6 Å². The first-order valence-electron chi connectivity index (χ1n) is 7.42. The molecule has 0 spiro atoms. The van der Waals surface area contributed by atoms with Crippen molar-refractivity contribution >= 4 is 47.1 Å². The van der Waals surface area contributed by atoms with E-state index in [2.05, 4.69) is 21.0 Å². The van der Waals surface area contributed by atoms with E-state index in [4.69, 9.17) is 0 Å². The molecule has 23 heavy (non-hydrogen) atoms. The summed E-state index contributed by atoms with van der Waals surface area (Å²) in [5.74, 6) is 0.198. The molecule has 124 valence electrons. The molecule has 0 saturated carbocycles. The van der Waals surface area contributed by atoms with E-state index >= 15 is 0 Å². The van der Waals surface area contributed by atoms with Gasteiger partial charge in [0.25, 0.3) is 0 Å². The van der Waals surface area contributed by atoms with Crippen molar-refractivity contribution in [2.45, 2.75) is 29.0 Å². The standard InChI is InChI=1S/C16H19N3OS2.ClH/c1-11-10-21-16(18-11)22-14-6-4-13(5-7-14)19-15(20)12-3-2-8-17-9-12;/h4-7,10,12,17H,2-3,8-9H2,1H3,(H,19,20);1H. The minimum Gasteiger partial charge on any atom is -0.326 e. The Balaban J connectivity index is 0.00000192. The van der Waals surface area contributed by atoms with Gasteiger partial charge in [-0.1, -0.05) is 11.8 Å². The number of nitrogens with one attached hydrogen (secondary N) is 2. The van der Waals surface area contributed by atoms with Crippen molar-refractivity contribution in [2.24, 2.45) is 5.92 Å². The molecule has 1 aliphatic rings. The fourth-order valence-corrected chi connectivity index (χ4v) is 4.22. The average Bonchev–Trinajstić information content (AvgIpc) is 2.95. The van der Waals surface area contributed by atoms with Crippen LogP contribution in [0.1, 0.15) is 18.5 Å². The van der Waals surface area contributed by atoms with Crippen molar-refractivity contribution in [1.82, 2.24) is 10.3 Å². The van der Waals surface area contributed by atoms with Crippen molar-refractivity contribution in [1.29, 1.82) is 0 Å². The third-order valence-corrected chi connectivity index (χ3v) is 5.66. The van der Waals surface area contributed by atoms with E-state index in [1.54, 1.807) is 23.1 Å². The third kappa shape index (κ3) is 5.21. The average molecular weight is 370 g/mol. The molecule has 2 N–H and O–H groups in total. The van der Waals surface area contributed by atoms with E-state index in [1.165, 1.54) is 0 Å². The number of benzene rings is 1. The van der Waals surface area contributed by atoms with E-state index in [0.29, 0.717) is 0 Å². The van der Waals surface area contributed by atoms with Gasteiger partial charge in [0.2, 0.25) is 5.91 Å². The summed E-state index contributed by atoms with van der Waals surface area (Å²) in [5.41, 5.74) is 1.91. The molecule has 1 aromatic heterocycles. The molecule has 2 aromatic rings. The van der Waals surface area contributed by atoms with Crippen LogP contribution >= 0.6 is 35.5 Å². The van der Waals surface area contributed by atoms with Crippen molar-refractivity contribution in [3.05, 3.63) is 35.3 Å². The van der Waals surface area contributed by atoms with E-state index in [1.807, 2.05) is 31.2 Å². The molecule has 1 atom stereocenters. The highest BCUT2D eigenvalue weighted by Gasteiger charge is 2.20. The summed E-state index contributed by atoms with van der Waals surface area (Å²) in [6.45, 7) is 3.80. The van der Waals surface area contributed by atoms with Gasteiger partial charge in [0.05, 0.1) is 5.92 Å². The lowest BCUT2D eigenvalue weighted by molar-refractivity contribution is -0.120. The minimum atomic E-state index is 0. The second-order valence-corrected chi connectivity index (χ2v) is 7.59. The number of hydrogen-bond donors (Lipinski definition) is 2. The summed E-state index contributed by atoms with van der Waals surface area (Å²) in [7, 11) is 0. The number of piperidine rings is 1.